The van der Waals surface area contributed by atoms with Gasteiger partial charge in [-0.2, -0.15) is 0 Å². The van der Waals surface area contributed by atoms with Crippen LogP contribution in [0.3, 0.4) is 0 Å². The number of amides is 1. The summed E-state index contributed by atoms with van der Waals surface area (Å²) in [5.41, 5.74) is 1.15. The Labute approximate surface area is 114 Å². The lowest BCUT2D eigenvalue weighted by Gasteiger charge is -2.14. The van der Waals surface area contributed by atoms with Crippen molar-refractivity contribution in [2.75, 3.05) is 20.2 Å². The Morgan fingerprint density at radius 1 is 1.37 bits per heavy atom. The molecule has 0 aromatic heterocycles. The van der Waals surface area contributed by atoms with E-state index in [4.69, 9.17) is 4.74 Å². The Hall–Kier alpha value is -1.55. The van der Waals surface area contributed by atoms with Crippen molar-refractivity contribution in [1.29, 1.82) is 0 Å². The van der Waals surface area contributed by atoms with Crippen LogP contribution in [-0.2, 0) is 4.79 Å². The lowest BCUT2D eigenvalue weighted by atomic mass is 10.1. The van der Waals surface area contributed by atoms with Crippen LogP contribution in [0.15, 0.2) is 24.3 Å². The highest BCUT2D eigenvalue weighted by atomic mass is 16.5. The summed E-state index contributed by atoms with van der Waals surface area (Å²) in [4.78, 5) is 11.6. The fourth-order valence-electron chi connectivity index (χ4n) is 1.90. The van der Waals surface area contributed by atoms with Gasteiger partial charge in [0.1, 0.15) is 5.75 Å². The monoisotopic (exact) mass is 262 g/mol. The van der Waals surface area contributed by atoms with E-state index in [0.29, 0.717) is 6.54 Å². The van der Waals surface area contributed by atoms with Crippen LogP contribution in [0.25, 0.3) is 0 Å². The molecule has 0 heterocycles. The number of rotatable bonds is 7. The summed E-state index contributed by atoms with van der Waals surface area (Å²) in [5.74, 6) is 1.65. The van der Waals surface area contributed by atoms with Crippen LogP contribution >= 0.6 is 0 Å². The van der Waals surface area contributed by atoms with Crippen LogP contribution in [0.2, 0.25) is 0 Å². The molecule has 104 valence electrons. The second-order valence-electron chi connectivity index (χ2n) is 5.12. The zero-order chi connectivity index (χ0) is 13.7. The molecule has 0 aliphatic heterocycles. The summed E-state index contributed by atoms with van der Waals surface area (Å²) < 4.78 is 5.12. The molecule has 1 aromatic carbocycles. The number of carbonyl (C=O) groups excluding carboxylic acids is 1. The van der Waals surface area contributed by atoms with Gasteiger partial charge in [0.2, 0.25) is 5.91 Å². The average molecular weight is 262 g/mol. The highest BCUT2D eigenvalue weighted by Gasteiger charge is 2.21. The SMILES string of the molecule is COc1ccc(C(C)NCC(=O)NCC2CC2)cc1. The number of benzene rings is 1. The molecular weight excluding hydrogens is 240 g/mol. The molecule has 4 heteroatoms. The van der Waals surface area contributed by atoms with Gasteiger partial charge in [-0.1, -0.05) is 12.1 Å². The molecular formula is C15H22N2O2. The van der Waals surface area contributed by atoms with Crippen LogP contribution < -0.4 is 15.4 Å². The Morgan fingerprint density at radius 3 is 2.63 bits per heavy atom. The Balaban J connectivity index is 1.72. The number of hydrogen-bond donors (Lipinski definition) is 2. The largest absolute Gasteiger partial charge is 0.497 e. The summed E-state index contributed by atoms with van der Waals surface area (Å²) in [5, 5.41) is 6.18. The van der Waals surface area contributed by atoms with E-state index in [9.17, 15) is 4.79 Å². The van der Waals surface area contributed by atoms with Crippen molar-refractivity contribution in [1.82, 2.24) is 10.6 Å². The van der Waals surface area contributed by atoms with Crippen LogP contribution in [0.5, 0.6) is 5.75 Å². The molecule has 1 unspecified atom stereocenters. The number of nitrogens with one attached hydrogen (secondary N) is 2. The van der Waals surface area contributed by atoms with E-state index in [0.717, 1.165) is 23.8 Å². The van der Waals surface area contributed by atoms with Gasteiger partial charge in [-0.15, -0.1) is 0 Å². The minimum atomic E-state index is 0.0762. The van der Waals surface area contributed by atoms with Gasteiger partial charge in [0.15, 0.2) is 0 Å². The van der Waals surface area contributed by atoms with Gasteiger partial charge in [-0.25, -0.2) is 0 Å². The first-order valence-electron chi connectivity index (χ1n) is 6.83. The van der Waals surface area contributed by atoms with Gasteiger partial charge in [0.25, 0.3) is 0 Å². The first kappa shape index (κ1) is 13.9. The van der Waals surface area contributed by atoms with E-state index in [-0.39, 0.29) is 11.9 Å². The molecule has 19 heavy (non-hydrogen) atoms. The molecule has 1 aliphatic carbocycles. The zero-order valence-electron chi connectivity index (χ0n) is 11.6. The Bertz CT molecular complexity index is 413. The predicted octanol–water partition coefficient (Wildman–Crippen LogP) is 1.87. The van der Waals surface area contributed by atoms with Crippen LogP contribution in [-0.4, -0.2) is 26.1 Å². The number of hydrogen-bond acceptors (Lipinski definition) is 3. The minimum Gasteiger partial charge on any atom is -0.497 e. The quantitative estimate of drug-likeness (QED) is 0.788. The van der Waals surface area contributed by atoms with Crippen LogP contribution in [0, 0.1) is 5.92 Å². The molecule has 1 saturated carbocycles. The smallest absolute Gasteiger partial charge is 0.233 e. The van der Waals surface area contributed by atoms with Crippen LogP contribution in [0.1, 0.15) is 31.4 Å². The molecule has 0 saturated heterocycles. The van der Waals surface area contributed by atoms with E-state index in [1.54, 1.807) is 7.11 Å². The Kier molecular flexibility index (Phi) is 4.80. The van der Waals surface area contributed by atoms with Crippen LogP contribution in [0.4, 0.5) is 0 Å². The van der Waals surface area contributed by atoms with Gasteiger partial charge in [-0.05, 0) is 43.4 Å². The van der Waals surface area contributed by atoms with Gasteiger partial charge in [-0.3, -0.25) is 4.79 Å². The maximum Gasteiger partial charge on any atom is 0.233 e. The lowest BCUT2D eigenvalue weighted by molar-refractivity contribution is -0.120. The standard InChI is InChI=1S/C15H22N2O2/c1-11(13-5-7-14(19-2)8-6-13)16-10-15(18)17-9-12-3-4-12/h5-8,11-12,16H,3-4,9-10H2,1-2H3,(H,17,18). The normalized spacial score (nSPS) is 15.9. The maximum absolute atomic E-state index is 11.6. The first-order valence-corrected chi connectivity index (χ1v) is 6.83. The molecule has 4 nitrogen and oxygen atoms in total. The fourth-order valence-corrected chi connectivity index (χ4v) is 1.90. The Morgan fingerprint density at radius 2 is 2.05 bits per heavy atom. The summed E-state index contributed by atoms with van der Waals surface area (Å²) in [6.07, 6.45) is 2.52. The van der Waals surface area contributed by atoms with Crippen molar-refractivity contribution in [2.24, 2.45) is 5.92 Å². The second kappa shape index (κ2) is 6.57. The summed E-state index contributed by atoms with van der Waals surface area (Å²) >= 11 is 0. The summed E-state index contributed by atoms with van der Waals surface area (Å²) in [6.45, 7) is 3.24. The molecule has 2 rings (SSSR count). The van der Waals surface area contributed by atoms with Crippen molar-refractivity contribution in [2.45, 2.75) is 25.8 Å². The molecule has 0 radical (unpaired) electrons. The van der Waals surface area contributed by atoms with Crippen molar-refractivity contribution in [3.63, 3.8) is 0 Å². The van der Waals surface area contributed by atoms with E-state index >= 15 is 0 Å². The molecule has 1 atom stereocenters. The van der Waals surface area contributed by atoms with E-state index < -0.39 is 0 Å². The fraction of sp³-hybridized carbons (Fsp3) is 0.533. The zero-order valence-corrected chi connectivity index (χ0v) is 11.6. The van der Waals surface area contributed by atoms with E-state index in [2.05, 4.69) is 17.6 Å². The second-order valence-corrected chi connectivity index (χ2v) is 5.12. The van der Waals surface area contributed by atoms with Gasteiger partial charge in [0, 0.05) is 12.6 Å². The molecule has 1 aromatic rings. The first-order chi connectivity index (χ1) is 9.19. The molecule has 0 bridgehead atoms. The van der Waals surface area contributed by atoms with Crippen molar-refractivity contribution < 1.29 is 9.53 Å². The highest BCUT2D eigenvalue weighted by Crippen LogP contribution is 2.27. The summed E-state index contributed by atoms with van der Waals surface area (Å²) in [7, 11) is 1.65. The number of methoxy groups -OCH3 is 1. The number of ether oxygens (including phenoxy) is 1. The topological polar surface area (TPSA) is 50.4 Å². The highest BCUT2D eigenvalue weighted by molar-refractivity contribution is 5.78. The van der Waals surface area contributed by atoms with Gasteiger partial charge >= 0.3 is 0 Å². The summed E-state index contributed by atoms with van der Waals surface area (Å²) in [6, 6.07) is 8.04. The predicted molar refractivity (Wildman–Crippen MR) is 75.1 cm³/mol. The van der Waals surface area contributed by atoms with E-state index in [1.807, 2.05) is 24.3 Å². The number of carbonyl (C=O) groups is 1. The van der Waals surface area contributed by atoms with Crippen molar-refractivity contribution in [3.05, 3.63) is 29.8 Å². The third-order valence-corrected chi connectivity index (χ3v) is 3.47. The average Bonchev–Trinajstić information content (AvgIpc) is 3.26. The van der Waals surface area contributed by atoms with Gasteiger partial charge in [0.05, 0.1) is 13.7 Å². The third kappa shape index (κ3) is 4.56. The molecule has 0 spiro atoms. The molecule has 2 N–H and O–H groups in total. The van der Waals surface area contributed by atoms with E-state index in [1.165, 1.54) is 12.8 Å². The van der Waals surface area contributed by atoms with Gasteiger partial charge < -0.3 is 15.4 Å². The molecule has 1 amide bonds. The third-order valence-electron chi connectivity index (χ3n) is 3.47. The minimum absolute atomic E-state index is 0.0762. The molecule has 1 aliphatic rings. The lowest BCUT2D eigenvalue weighted by Crippen LogP contribution is -2.36. The molecule has 1 fully saturated rings. The van der Waals surface area contributed by atoms with Crippen molar-refractivity contribution in [3.8, 4) is 5.75 Å². The van der Waals surface area contributed by atoms with Crippen molar-refractivity contribution >= 4 is 5.91 Å². The maximum atomic E-state index is 11.6.